The number of halogens is 3. The Morgan fingerprint density at radius 1 is 1.03 bits per heavy atom. The Labute approximate surface area is 181 Å². The van der Waals surface area contributed by atoms with Gasteiger partial charge in [-0.05, 0) is 36.2 Å². The Kier molecular flexibility index (Phi) is 5.57. The van der Waals surface area contributed by atoms with Crippen LogP contribution in [0.25, 0.3) is 11.0 Å². The number of para-hydroxylation sites is 1. The summed E-state index contributed by atoms with van der Waals surface area (Å²) in [5, 5.41) is 12.2. The topological polar surface area (TPSA) is 118 Å². The quantitative estimate of drug-likeness (QED) is 0.454. The lowest BCUT2D eigenvalue weighted by molar-refractivity contribution is -0.137. The Hall–Kier alpha value is -3.51. The minimum absolute atomic E-state index is 0.0450. The van der Waals surface area contributed by atoms with Crippen molar-refractivity contribution in [2.45, 2.75) is 17.5 Å². The number of hydrogen-bond donors (Lipinski definition) is 2. The molecule has 2 heterocycles. The number of alkyl halides is 3. The van der Waals surface area contributed by atoms with Crippen LogP contribution in [-0.4, -0.2) is 35.1 Å². The molecule has 12 heteroatoms. The second-order valence-corrected chi connectivity index (χ2v) is 8.50. The van der Waals surface area contributed by atoms with Crippen molar-refractivity contribution in [2.75, 3.05) is 11.4 Å². The highest BCUT2D eigenvalue weighted by Gasteiger charge is 2.35. The second kappa shape index (κ2) is 8.20. The van der Waals surface area contributed by atoms with Crippen LogP contribution in [0.4, 0.5) is 24.7 Å². The first-order valence-corrected chi connectivity index (χ1v) is 10.9. The standard InChI is InChI=1S/C20H17F3N6O2S/c21-20(22,23)16-3-1-2-4-17(16)29(19-15-11-27-28-18(15)25-12-26-19)10-9-13-5-7-14(8-6-13)32(24,30)31/h1-8,11-12H,9-10H2,(H2,24,30,31)(H,25,26,27,28). The summed E-state index contributed by atoms with van der Waals surface area (Å²) in [5.74, 6) is 0.265. The van der Waals surface area contributed by atoms with Gasteiger partial charge in [-0.25, -0.2) is 23.5 Å². The van der Waals surface area contributed by atoms with Crippen LogP contribution in [0.2, 0.25) is 0 Å². The third kappa shape index (κ3) is 4.41. The minimum Gasteiger partial charge on any atom is -0.325 e. The van der Waals surface area contributed by atoms with Gasteiger partial charge in [-0.3, -0.25) is 5.10 Å². The summed E-state index contributed by atoms with van der Waals surface area (Å²) in [6, 6.07) is 11.1. The second-order valence-electron chi connectivity index (χ2n) is 6.94. The van der Waals surface area contributed by atoms with E-state index in [1.54, 1.807) is 12.1 Å². The molecule has 0 fully saturated rings. The van der Waals surface area contributed by atoms with E-state index in [1.165, 1.54) is 47.8 Å². The average Bonchev–Trinajstić information content (AvgIpc) is 3.23. The van der Waals surface area contributed by atoms with Gasteiger partial charge in [-0.1, -0.05) is 24.3 Å². The summed E-state index contributed by atoms with van der Waals surface area (Å²) in [4.78, 5) is 9.69. The van der Waals surface area contributed by atoms with E-state index >= 15 is 0 Å². The molecule has 0 aliphatic carbocycles. The molecule has 0 atom stereocenters. The highest BCUT2D eigenvalue weighted by Crippen LogP contribution is 2.39. The molecular weight excluding hydrogens is 445 g/mol. The number of aromatic amines is 1. The van der Waals surface area contributed by atoms with Gasteiger partial charge in [0, 0.05) is 6.54 Å². The van der Waals surface area contributed by atoms with Crippen LogP contribution in [0, 0.1) is 0 Å². The van der Waals surface area contributed by atoms with E-state index in [0.29, 0.717) is 23.0 Å². The highest BCUT2D eigenvalue weighted by molar-refractivity contribution is 7.89. The number of rotatable bonds is 6. The average molecular weight is 462 g/mol. The summed E-state index contributed by atoms with van der Waals surface area (Å²) < 4.78 is 64.2. The molecule has 4 rings (SSSR count). The summed E-state index contributed by atoms with van der Waals surface area (Å²) in [7, 11) is -3.84. The number of nitrogens with zero attached hydrogens (tertiary/aromatic N) is 4. The first kappa shape index (κ1) is 21.7. The maximum Gasteiger partial charge on any atom is 0.418 e. The van der Waals surface area contributed by atoms with Gasteiger partial charge in [0.05, 0.1) is 27.7 Å². The Bertz CT molecular complexity index is 1350. The summed E-state index contributed by atoms with van der Waals surface area (Å²) in [5.41, 5.74) is 0.230. The number of nitrogens with two attached hydrogens (primary N) is 1. The lowest BCUT2D eigenvalue weighted by atomic mass is 10.1. The first-order valence-electron chi connectivity index (χ1n) is 9.34. The molecule has 0 amide bonds. The van der Waals surface area contributed by atoms with Crippen molar-refractivity contribution in [3.63, 3.8) is 0 Å². The van der Waals surface area contributed by atoms with Gasteiger partial charge in [0.15, 0.2) is 5.65 Å². The molecule has 0 radical (unpaired) electrons. The zero-order valence-electron chi connectivity index (χ0n) is 16.4. The number of nitrogens with one attached hydrogen (secondary N) is 1. The maximum atomic E-state index is 13.8. The first-order chi connectivity index (χ1) is 15.1. The van der Waals surface area contributed by atoms with Gasteiger partial charge in [0.25, 0.3) is 0 Å². The van der Waals surface area contributed by atoms with Crippen molar-refractivity contribution < 1.29 is 21.6 Å². The van der Waals surface area contributed by atoms with Gasteiger partial charge in [-0.15, -0.1) is 0 Å². The predicted molar refractivity (Wildman–Crippen MR) is 112 cm³/mol. The van der Waals surface area contributed by atoms with Gasteiger partial charge < -0.3 is 4.90 Å². The van der Waals surface area contributed by atoms with Crippen LogP contribution in [0.1, 0.15) is 11.1 Å². The molecule has 0 saturated carbocycles. The van der Waals surface area contributed by atoms with Crippen molar-refractivity contribution in [3.8, 4) is 0 Å². The van der Waals surface area contributed by atoms with Gasteiger partial charge in [0.1, 0.15) is 12.1 Å². The zero-order chi connectivity index (χ0) is 22.9. The highest BCUT2D eigenvalue weighted by atomic mass is 32.2. The molecule has 2 aromatic heterocycles. The molecule has 3 N–H and O–H groups in total. The van der Waals surface area contributed by atoms with E-state index in [-0.39, 0.29) is 22.9 Å². The summed E-state index contributed by atoms with van der Waals surface area (Å²) >= 11 is 0. The number of H-pyrrole nitrogens is 1. The van der Waals surface area contributed by atoms with Gasteiger partial charge in [0.2, 0.25) is 10.0 Å². The minimum atomic E-state index is -4.57. The van der Waals surface area contributed by atoms with Crippen molar-refractivity contribution in [2.24, 2.45) is 5.14 Å². The number of sulfonamides is 1. The van der Waals surface area contributed by atoms with Crippen molar-refractivity contribution >= 4 is 32.6 Å². The van der Waals surface area contributed by atoms with Crippen LogP contribution >= 0.6 is 0 Å². The van der Waals surface area contributed by atoms with E-state index in [4.69, 9.17) is 5.14 Å². The fourth-order valence-electron chi connectivity index (χ4n) is 3.34. The molecular formula is C20H17F3N6O2S. The Balaban J connectivity index is 1.75. The molecule has 0 unspecified atom stereocenters. The largest absolute Gasteiger partial charge is 0.418 e. The van der Waals surface area contributed by atoms with Crippen LogP contribution in [0.3, 0.4) is 0 Å². The van der Waals surface area contributed by atoms with Crippen molar-refractivity contribution in [1.29, 1.82) is 0 Å². The van der Waals surface area contributed by atoms with Crippen LogP contribution < -0.4 is 10.0 Å². The molecule has 8 nitrogen and oxygen atoms in total. The van der Waals surface area contributed by atoms with Crippen LogP contribution in [0.5, 0.6) is 0 Å². The van der Waals surface area contributed by atoms with Crippen molar-refractivity contribution in [1.82, 2.24) is 20.2 Å². The molecule has 0 aliphatic rings. The van der Waals surface area contributed by atoms with Crippen molar-refractivity contribution in [3.05, 3.63) is 72.2 Å². The van der Waals surface area contributed by atoms with Crippen LogP contribution in [-0.2, 0) is 22.6 Å². The van der Waals surface area contributed by atoms with E-state index in [9.17, 15) is 21.6 Å². The number of hydrogen-bond acceptors (Lipinski definition) is 6. The monoisotopic (exact) mass is 462 g/mol. The summed E-state index contributed by atoms with van der Waals surface area (Å²) in [6.07, 6.45) is -1.57. The molecule has 0 aliphatic heterocycles. The molecule has 32 heavy (non-hydrogen) atoms. The maximum absolute atomic E-state index is 13.8. The molecule has 2 aromatic carbocycles. The van der Waals surface area contributed by atoms with Crippen LogP contribution in [0.15, 0.2) is 66.0 Å². The van der Waals surface area contributed by atoms with E-state index in [1.807, 2.05) is 0 Å². The lowest BCUT2D eigenvalue weighted by Crippen LogP contribution is -2.24. The third-order valence-corrected chi connectivity index (χ3v) is 5.79. The number of aromatic nitrogens is 4. The number of anilines is 2. The number of fused-ring (bicyclic) bond motifs is 1. The van der Waals surface area contributed by atoms with Gasteiger partial charge in [-0.2, -0.15) is 18.3 Å². The Morgan fingerprint density at radius 3 is 2.44 bits per heavy atom. The number of benzene rings is 2. The predicted octanol–water partition coefficient (Wildman–Crippen LogP) is 3.40. The summed E-state index contributed by atoms with van der Waals surface area (Å²) in [6.45, 7) is 0.124. The normalized spacial score (nSPS) is 12.2. The van der Waals surface area contributed by atoms with E-state index in [2.05, 4.69) is 20.2 Å². The molecule has 0 bridgehead atoms. The van der Waals surface area contributed by atoms with E-state index in [0.717, 1.165) is 6.07 Å². The lowest BCUT2D eigenvalue weighted by Gasteiger charge is -2.27. The molecule has 0 saturated heterocycles. The Morgan fingerprint density at radius 2 is 1.75 bits per heavy atom. The smallest absolute Gasteiger partial charge is 0.325 e. The molecule has 4 aromatic rings. The number of primary sulfonamides is 1. The molecule has 0 spiro atoms. The van der Waals surface area contributed by atoms with E-state index < -0.39 is 21.8 Å². The van der Waals surface area contributed by atoms with Gasteiger partial charge >= 0.3 is 6.18 Å². The fraction of sp³-hybridized carbons (Fsp3) is 0.150. The third-order valence-electron chi connectivity index (χ3n) is 4.86. The zero-order valence-corrected chi connectivity index (χ0v) is 17.2. The SMILES string of the molecule is NS(=O)(=O)c1ccc(CCN(c2ccccc2C(F)(F)F)c2ncnc3[nH]ncc23)cc1. The fourth-order valence-corrected chi connectivity index (χ4v) is 3.86. The molecule has 166 valence electrons.